The SMILES string of the molecule is Cc1cc([C@H](CCl)C(CCl)C(=O)O)cc(Cl)c1Cl. The van der Waals surface area contributed by atoms with Crippen molar-refractivity contribution in [2.24, 2.45) is 5.92 Å². The highest BCUT2D eigenvalue weighted by atomic mass is 35.5. The molecular formula is C12H12Cl4O2. The number of halogens is 4. The minimum absolute atomic E-state index is 0.00792. The average Bonchev–Trinajstić information content (AvgIpc) is 2.31. The van der Waals surface area contributed by atoms with Gasteiger partial charge in [-0.15, -0.1) is 23.2 Å². The van der Waals surface area contributed by atoms with Crippen LogP contribution in [-0.4, -0.2) is 22.8 Å². The molecule has 0 aromatic heterocycles. The van der Waals surface area contributed by atoms with E-state index in [4.69, 9.17) is 51.5 Å². The van der Waals surface area contributed by atoms with E-state index in [-0.39, 0.29) is 11.8 Å². The number of carboxylic acids is 1. The van der Waals surface area contributed by atoms with Gasteiger partial charge in [0.15, 0.2) is 0 Å². The zero-order chi connectivity index (χ0) is 13.9. The molecule has 2 nitrogen and oxygen atoms in total. The number of benzene rings is 1. The van der Waals surface area contributed by atoms with Crippen molar-refractivity contribution in [3.8, 4) is 0 Å². The van der Waals surface area contributed by atoms with Crippen LogP contribution < -0.4 is 0 Å². The van der Waals surface area contributed by atoms with E-state index in [9.17, 15) is 4.79 Å². The van der Waals surface area contributed by atoms with Crippen molar-refractivity contribution >= 4 is 52.4 Å². The number of aryl methyl sites for hydroxylation is 1. The number of carbonyl (C=O) groups is 1. The standard InChI is InChI=1S/C12H12Cl4O2/c1-6-2-7(3-10(15)11(6)16)8(4-13)9(5-14)12(17)18/h2-3,8-9H,4-5H2,1H3,(H,17,18)/t8-,9?/m0/s1. The molecule has 1 aromatic rings. The molecule has 0 saturated carbocycles. The lowest BCUT2D eigenvalue weighted by Crippen LogP contribution is -2.25. The summed E-state index contributed by atoms with van der Waals surface area (Å²) in [6.07, 6.45) is 0. The highest BCUT2D eigenvalue weighted by Crippen LogP contribution is 2.34. The molecule has 0 aliphatic carbocycles. The molecule has 1 rings (SSSR count). The summed E-state index contributed by atoms with van der Waals surface area (Å²) in [4.78, 5) is 11.1. The van der Waals surface area contributed by atoms with E-state index in [1.807, 2.05) is 0 Å². The highest BCUT2D eigenvalue weighted by molar-refractivity contribution is 6.42. The van der Waals surface area contributed by atoms with Crippen LogP contribution >= 0.6 is 46.4 Å². The highest BCUT2D eigenvalue weighted by Gasteiger charge is 2.28. The number of hydrogen-bond acceptors (Lipinski definition) is 1. The Bertz CT molecular complexity index is 425. The van der Waals surface area contributed by atoms with Gasteiger partial charge < -0.3 is 5.11 Å². The molecule has 18 heavy (non-hydrogen) atoms. The molecule has 0 aliphatic rings. The van der Waals surface area contributed by atoms with Crippen LogP contribution in [0.1, 0.15) is 17.0 Å². The monoisotopic (exact) mass is 328 g/mol. The van der Waals surface area contributed by atoms with E-state index in [0.29, 0.717) is 10.0 Å². The van der Waals surface area contributed by atoms with Gasteiger partial charge >= 0.3 is 5.97 Å². The number of hydrogen-bond donors (Lipinski definition) is 1. The first-order chi connectivity index (χ1) is 8.42. The summed E-state index contributed by atoms with van der Waals surface area (Å²) in [6.45, 7) is 1.81. The fraction of sp³-hybridized carbons (Fsp3) is 0.417. The molecule has 6 heteroatoms. The van der Waals surface area contributed by atoms with E-state index < -0.39 is 17.8 Å². The largest absolute Gasteiger partial charge is 0.481 e. The smallest absolute Gasteiger partial charge is 0.308 e. The van der Waals surface area contributed by atoms with Crippen molar-refractivity contribution in [2.45, 2.75) is 12.8 Å². The lowest BCUT2D eigenvalue weighted by molar-refractivity contribution is -0.141. The second-order valence-corrected chi connectivity index (χ2v) is 5.40. The average molecular weight is 330 g/mol. The van der Waals surface area contributed by atoms with Gasteiger partial charge in [-0.2, -0.15) is 0 Å². The molecule has 0 heterocycles. The molecule has 2 atom stereocenters. The van der Waals surface area contributed by atoms with Crippen molar-refractivity contribution in [3.05, 3.63) is 33.3 Å². The lowest BCUT2D eigenvalue weighted by Gasteiger charge is -2.21. The molecule has 1 unspecified atom stereocenters. The first kappa shape index (κ1) is 15.9. The third-order valence-corrected chi connectivity index (χ3v) is 4.36. The number of aliphatic carboxylic acids is 1. The van der Waals surface area contributed by atoms with Gasteiger partial charge in [-0.3, -0.25) is 4.79 Å². The van der Waals surface area contributed by atoms with Crippen molar-refractivity contribution in [3.63, 3.8) is 0 Å². The summed E-state index contributed by atoms with van der Waals surface area (Å²) in [5.74, 6) is -1.97. The van der Waals surface area contributed by atoms with E-state index in [1.165, 1.54) is 0 Å². The van der Waals surface area contributed by atoms with Gasteiger partial charge in [-0.25, -0.2) is 0 Å². The third-order valence-electron chi connectivity index (χ3n) is 2.80. The van der Waals surface area contributed by atoms with Crippen LogP contribution in [-0.2, 0) is 4.79 Å². The van der Waals surface area contributed by atoms with Gasteiger partial charge in [0.1, 0.15) is 0 Å². The summed E-state index contributed by atoms with van der Waals surface area (Å²) in [7, 11) is 0. The Kier molecular flexibility index (Phi) is 6.06. The van der Waals surface area contributed by atoms with Gasteiger partial charge in [0, 0.05) is 17.7 Å². The summed E-state index contributed by atoms with van der Waals surface area (Å²) >= 11 is 23.5. The molecule has 0 amide bonds. The Morgan fingerprint density at radius 2 is 1.89 bits per heavy atom. The Morgan fingerprint density at radius 1 is 1.28 bits per heavy atom. The van der Waals surface area contributed by atoms with Crippen LogP contribution in [0.4, 0.5) is 0 Å². The lowest BCUT2D eigenvalue weighted by atomic mass is 9.88. The van der Waals surface area contributed by atoms with Gasteiger partial charge in [0.05, 0.1) is 16.0 Å². The van der Waals surface area contributed by atoms with Crippen LogP contribution in [0, 0.1) is 12.8 Å². The molecule has 0 fully saturated rings. The minimum Gasteiger partial charge on any atom is -0.481 e. The Morgan fingerprint density at radius 3 is 2.28 bits per heavy atom. The van der Waals surface area contributed by atoms with Gasteiger partial charge in [-0.05, 0) is 24.1 Å². The maximum absolute atomic E-state index is 11.1. The summed E-state index contributed by atoms with van der Waals surface area (Å²) in [6, 6.07) is 3.44. The van der Waals surface area contributed by atoms with Gasteiger partial charge in [-0.1, -0.05) is 29.3 Å². The second kappa shape index (κ2) is 6.85. The fourth-order valence-corrected chi connectivity index (χ4v) is 2.87. The van der Waals surface area contributed by atoms with Crippen LogP contribution in [0.25, 0.3) is 0 Å². The van der Waals surface area contributed by atoms with E-state index >= 15 is 0 Å². The molecular weight excluding hydrogens is 318 g/mol. The maximum Gasteiger partial charge on any atom is 0.308 e. The van der Waals surface area contributed by atoms with E-state index in [2.05, 4.69) is 0 Å². The normalized spacial score (nSPS) is 14.3. The number of alkyl halides is 2. The zero-order valence-corrected chi connectivity index (χ0v) is 12.6. The second-order valence-electron chi connectivity index (χ2n) is 3.99. The molecule has 0 aliphatic heterocycles. The van der Waals surface area contributed by atoms with Crippen molar-refractivity contribution in [1.82, 2.24) is 0 Å². The fourth-order valence-electron chi connectivity index (χ4n) is 1.74. The van der Waals surface area contributed by atoms with Gasteiger partial charge in [0.2, 0.25) is 0 Å². The van der Waals surface area contributed by atoms with E-state index in [0.717, 1.165) is 11.1 Å². The summed E-state index contributed by atoms with van der Waals surface area (Å²) in [5.41, 5.74) is 1.53. The predicted molar refractivity (Wildman–Crippen MR) is 76.5 cm³/mol. The molecule has 0 spiro atoms. The van der Waals surface area contributed by atoms with Crippen molar-refractivity contribution in [2.75, 3.05) is 11.8 Å². The summed E-state index contributed by atoms with van der Waals surface area (Å²) < 4.78 is 0. The molecule has 0 radical (unpaired) electrons. The summed E-state index contributed by atoms with van der Waals surface area (Å²) in [5, 5.41) is 9.98. The number of carboxylic acid groups (broad SMARTS) is 1. The molecule has 1 aromatic carbocycles. The predicted octanol–water partition coefficient (Wildman–Crippen LogP) is 4.56. The Balaban J connectivity index is 3.20. The first-order valence-corrected chi connectivity index (χ1v) is 7.05. The quantitative estimate of drug-likeness (QED) is 0.804. The van der Waals surface area contributed by atoms with E-state index in [1.54, 1.807) is 19.1 Å². The topological polar surface area (TPSA) is 37.3 Å². The number of rotatable bonds is 5. The Labute approximate surface area is 126 Å². The van der Waals surface area contributed by atoms with Crippen molar-refractivity contribution in [1.29, 1.82) is 0 Å². The first-order valence-electron chi connectivity index (χ1n) is 5.22. The minimum atomic E-state index is -0.973. The van der Waals surface area contributed by atoms with Gasteiger partial charge in [0.25, 0.3) is 0 Å². The zero-order valence-electron chi connectivity index (χ0n) is 9.59. The molecule has 0 saturated heterocycles. The van der Waals surface area contributed by atoms with Crippen LogP contribution in [0.5, 0.6) is 0 Å². The molecule has 0 bridgehead atoms. The van der Waals surface area contributed by atoms with Crippen molar-refractivity contribution < 1.29 is 9.90 Å². The van der Waals surface area contributed by atoms with Crippen LogP contribution in [0.2, 0.25) is 10.0 Å². The van der Waals surface area contributed by atoms with Crippen LogP contribution in [0.15, 0.2) is 12.1 Å². The Hall–Kier alpha value is -0.150. The molecule has 100 valence electrons. The third kappa shape index (κ3) is 3.45. The van der Waals surface area contributed by atoms with Crippen LogP contribution in [0.3, 0.4) is 0 Å². The molecule has 1 N–H and O–H groups in total. The maximum atomic E-state index is 11.1.